The molecule has 1 N–H and O–H groups in total. The van der Waals surface area contributed by atoms with E-state index in [9.17, 15) is 8.42 Å². The second-order valence-electron chi connectivity index (χ2n) is 4.60. The number of sulfone groups is 1. The first-order chi connectivity index (χ1) is 8.49. The van der Waals surface area contributed by atoms with E-state index in [1.54, 1.807) is 12.1 Å². The first kappa shape index (κ1) is 15.2. The second-order valence-corrected chi connectivity index (χ2v) is 6.61. The molecule has 0 spiro atoms. The molecule has 1 rings (SSSR count). The lowest BCUT2D eigenvalue weighted by Crippen LogP contribution is -2.21. The fourth-order valence-electron chi connectivity index (χ4n) is 2.00. The Balaban J connectivity index is 2.97. The minimum Gasteiger partial charge on any atom is -0.310 e. The van der Waals surface area contributed by atoms with Gasteiger partial charge in [0, 0.05) is 12.3 Å². The maximum Gasteiger partial charge on any atom is 0.175 e. The third-order valence-electron chi connectivity index (χ3n) is 2.99. The molecule has 1 atom stereocenters. The van der Waals surface area contributed by atoms with E-state index in [1.165, 1.54) is 6.26 Å². The molecule has 0 saturated carbocycles. The van der Waals surface area contributed by atoms with Crippen LogP contribution in [-0.2, 0) is 9.84 Å². The summed E-state index contributed by atoms with van der Waals surface area (Å²) in [5.41, 5.74) is 1.06. The average molecular weight is 269 g/mol. The van der Waals surface area contributed by atoms with Crippen molar-refractivity contribution >= 4 is 9.84 Å². The molecular formula is C14H23NO2S. The largest absolute Gasteiger partial charge is 0.310 e. The van der Waals surface area contributed by atoms with Crippen LogP contribution in [0.15, 0.2) is 29.2 Å². The van der Waals surface area contributed by atoms with Crippen LogP contribution in [0.2, 0.25) is 0 Å². The Kier molecular flexibility index (Phi) is 5.82. The first-order valence-corrected chi connectivity index (χ1v) is 8.41. The molecule has 0 bridgehead atoms. The number of nitrogens with one attached hydrogen (secondary N) is 1. The van der Waals surface area contributed by atoms with Crippen LogP contribution < -0.4 is 5.32 Å². The SMILES string of the molecule is CCCCC(NCC)c1cccc(S(C)(=O)=O)c1. The normalized spacial score (nSPS) is 13.5. The Morgan fingerprint density at radius 3 is 2.56 bits per heavy atom. The van der Waals surface area contributed by atoms with Crippen LogP contribution in [0, 0.1) is 0 Å². The minimum absolute atomic E-state index is 0.247. The Hall–Kier alpha value is -0.870. The van der Waals surface area contributed by atoms with Gasteiger partial charge in [-0.25, -0.2) is 8.42 Å². The van der Waals surface area contributed by atoms with Gasteiger partial charge in [-0.05, 0) is 30.7 Å². The molecule has 1 unspecified atom stereocenters. The van der Waals surface area contributed by atoms with Crippen LogP contribution in [0.1, 0.15) is 44.7 Å². The molecule has 0 aliphatic heterocycles. The van der Waals surface area contributed by atoms with Crippen LogP contribution >= 0.6 is 0 Å². The van der Waals surface area contributed by atoms with Crippen LogP contribution in [0.3, 0.4) is 0 Å². The monoisotopic (exact) mass is 269 g/mol. The van der Waals surface area contributed by atoms with Crippen molar-refractivity contribution in [3.05, 3.63) is 29.8 Å². The lowest BCUT2D eigenvalue weighted by molar-refractivity contribution is 0.494. The van der Waals surface area contributed by atoms with Crippen LogP contribution in [0.5, 0.6) is 0 Å². The van der Waals surface area contributed by atoms with Gasteiger partial charge in [0.1, 0.15) is 0 Å². The molecule has 102 valence electrons. The third kappa shape index (κ3) is 4.42. The van der Waals surface area contributed by atoms with Gasteiger partial charge in [-0.15, -0.1) is 0 Å². The van der Waals surface area contributed by atoms with E-state index in [4.69, 9.17) is 0 Å². The van der Waals surface area contributed by atoms with E-state index in [0.717, 1.165) is 31.4 Å². The average Bonchev–Trinajstić information content (AvgIpc) is 2.33. The fourth-order valence-corrected chi connectivity index (χ4v) is 2.68. The topological polar surface area (TPSA) is 46.2 Å². The van der Waals surface area contributed by atoms with Gasteiger partial charge in [-0.1, -0.05) is 38.8 Å². The molecule has 0 amide bonds. The molecule has 0 aromatic heterocycles. The first-order valence-electron chi connectivity index (χ1n) is 6.52. The highest BCUT2D eigenvalue weighted by Crippen LogP contribution is 2.22. The van der Waals surface area contributed by atoms with Gasteiger partial charge >= 0.3 is 0 Å². The molecule has 0 heterocycles. The van der Waals surface area contributed by atoms with Crippen molar-refractivity contribution in [2.24, 2.45) is 0 Å². The van der Waals surface area contributed by atoms with Crippen molar-refractivity contribution in [1.82, 2.24) is 5.32 Å². The molecular weight excluding hydrogens is 246 g/mol. The molecule has 4 heteroatoms. The lowest BCUT2D eigenvalue weighted by Gasteiger charge is -2.18. The molecule has 0 radical (unpaired) electrons. The van der Waals surface area contributed by atoms with E-state index in [0.29, 0.717) is 4.90 Å². The quantitative estimate of drug-likeness (QED) is 0.828. The predicted molar refractivity (Wildman–Crippen MR) is 75.5 cm³/mol. The number of benzene rings is 1. The summed E-state index contributed by atoms with van der Waals surface area (Å²) in [7, 11) is -3.12. The summed E-state index contributed by atoms with van der Waals surface area (Å²) < 4.78 is 23.1. The van der Waals surface area contributed by atoms with Gasteiger partial charge < -0.3 is 5.32 Å². The zero-order valence-corrected chi connectivity index (χ0v) is 12.3. The van der Waals surface area contributed by atoms with E-state index in [1.807, 2.05) is 12.1 Å². The van der Waals surface area contributed by atoms with Gasteiger partial charge in [-0.3, -0.25) is 0 Å². The molecule has 1 aromatic carbocycles. The molecule has 0 aliphatic rings. The summed E-state index contributed by atoms with van der Waals surface area (Å²) in [6.07, 6.45) is 4.58. The molecule has 18 heavy (non-hydrogen) atoms. The zero-order chi connectivity index (χ0) is 13.6. The summed E-state index contributed by atoms with van der Waals surface area (Å²) in [6.45, 7) is 5.12. The summed E-state index contributed by atoms with van der Waals surface area (Å²) in [6, 6.07) is 7.51. The zero-order valence-electron chi connectivity index (χ0n) is 11.4. The van der Waals surface area contributed by atoms with Crippen LogP contribution in [-0.4, -0.2) is 21.2 Å². The van der Waals surface area contributed by atoms with Crippen molar-refractivity contribution in [3.63, 3.8) is 0 Å². The van der Waals surface area contributed by atoms with Gasteiger partial charge in [-0.2, -0.15) is 0 Å². The third-order valence-corrected chi connectivity index (χ3v) is 4.10. The minimum atomic E-state index is -3.12. The summed E-state index contributed by atoms with van der Waals surface area (Å²) in [5.74, 6) is 0. The molecule has 0 saturated heterocycles. The Morgan fingerprint density at radius 1 is 1.28 bits per heavy atom. The predicted octanol–water partition coefficient (Wildman–Crippen LogP) is 2.93. The standard InChI is InChI=1S/C14H23NO2S/c1-4-6-10-14(15-5-2)12-8-7-9-13(11-12)18(3,16)17/h7-9,11,14-15H,4-6,10H2,1-3H3. The van der Waals surface area contributed by atoms with E-state index in [-0.39, 0.29) is 6.04 Å². The van der Waals surface area contributed by atoms with Crippen LogP contribution in [0.4, 0.5) is 0 Å². The number of hydrogen-bond acceptors (Lipinski definition) is 3. The molecule has 1 aromatic rings. The van der Waals surface area contributed by atoms with E-state index >= 15 is 0 Å². The highest BCUT2D eigenvalue weighted by molar-refractivity contribution is 7.90. The Morgan fingerprint density at radius 2 is 2.00 bits per heavy atom. The Bertz CT molecular complexity index is 468. The van der Waals surface area contributed by atoms with Crippen LogP contribution in [0.25, 0.3) is 0 Å². The summed E-state index contributed by atoms with van der Waals surface area (Å²) >= 11 is 0. The highest BCUT2D eigenvalue weighted by atomic mass is 32.2. The second kappa shape index (κ2) is 6.90. The van der Waals surface area contributed by atoms with Crippen molar-refractivity contribution in [1.29, 1.82) is 0 Å². The summed E-state index contributed by atoms with van der Waals surface area (Å²) in [4.78, 5) is 0.402. The van der Waals surface area contributed by atoms with E-state index in [2.05, 4.69) is 19.2 Å². The van der Waals surface area contributed by atoms with Gasteiger partial charge in [0.2, 0.25) is 0 Å². The Labute approximate surface area is 111 Å². The van der Waals surface area contributed by atoms with Crippen molar-refractivity contribution < 1.29 is 8.42 Å². The molecule has 3 nitrogen and oxygen atoms in total. The van der Waals surface area contributed by atoms with Crippen molar-refractivity contribution in [3.8, 4) is 0 Å². The molecule has 0 fully saturated rings. The number of unbranched alkanes of at least 4 members (excludes halogenated alkanes) is 1. The highest BCUT2D eigenvalue weighted by Gasteiger charge is 2.13. The fraction of sp³-hybridized carbons (Fsp3) is 0.571. The van der Waals surface area contributed by atoms with Gasteiger partial charge in [0.25, 0.3) is 0 Å². The van der Waals surface area contributed by atoms with Crippen molar-refractivity contribution in [2.45, 2.75) is 44.0 Å². The lowest BCUT2D eigenvalue weighted by atomic mass is 10.0. The van der Waals surface area contributed by atoms with Crippen molar-refractivity contribution in [2.75, 3.05) is 12.8 Å². The summed E-state index contributed by atoms with van der Waals surface area (Å²) in [5, 5.41) is 3.42. The van der Waals surface area contributed by atoms with Gasteiger partial charge in [0.15, 0.2) is 9.84 Å². The van der Waals surface area contributed by atoms with E-state index < -0.39 is 9.84 Å². The number of hydrogen-bond donors (Lipinski definition) is 1. The smallest absolute Gasteiger partial charge is 0.175 e. The van der Waals surface area contributed by atoms with Gasteiger partial charge in [0.05, 0.1) is 4.90 Å². The maximum absolute atomic E-state index is 11.6. The maximum atomic E-state index is 11.6. The molecule has 0 aliphatic carbocycles. The number of rotatable bonds is 7.